The van der Waals surface area contributed by atoms with Crippen LogP contribution in [0.15, 0.2) is 41.0 Å². The van der Waals surface area contributed by atoms with Gasteiger partial charge in [-0.1, -0.05) is 0 Å². The van der Waals surface area contributed by atoms with Gasteiger partial charge in [0.15, 0.2) is 18.2 Å². The molecule has 19 nitrogen and oxygen atoms in total. The standard InChI is InChI=1S/C16H26B2N4O10.C7H4ClNO4/c1-7(23)19-11-8(20-15(21-17(2)27)22-18(3)28)5-9(14(25)29-4)31-13(11)12(24)10-6-30-16(26)32-10;8-7(10)13-6-3-1-5(2-4-6)9(11)12/h5,8,10-13,24,27-28H,6H2,1-4H3,(H,19,23)(H2,20,21,22);1-4H/t8-,10+,11+,12+,13+;/m0./s1. The number of benzene rings is 1. The molecule has 0 aliphatic carbocycles. The number of carbonyl (C=O) groups excluding carboxylic acids is 4. The van der Waals surface area contributed by atoms with Crippen LogP contribution in [0.5, 0.6) is 5.75 Å². The van der Waals surface area contributed by atoms with Gasteiger partial charge in [0.25, 0.3) is 5.69 Å². The van der Waals surface area contributed by atoms with Gasteiger partial charge in [0.2, 0.25) is 11.7 Å². The molecule has 1 saturated heterocycles. The van der Waals surface area contributed by atoms with Crippen molar-refractivity contribution >= 4 is 60.8 Å². The fraction of sp³-hybridized carbons (Fsp3) is 0.435. The van der Waals surface area contributed by atoms with Gasteiger partial charge >= 0.3 is 31.7 Å². The van der Waals surface area contributed by atoms with Crippen molar-refractivity contribution in [2.75, 3.05) is 13.7 Å². The Hall–Kier alpha value is -4.59. The van der Waals surface area contributed by atoms with Gasteiger partial charge in [-0.25, -0.2) is 14.4 Å². The molecule has 1 amide bonds. The van der Waals surface area contributed by atoms with Crippen molar-refractivity contribution in [1.29, 1.82) is 0 Å². The van der Waals surface area contributed by atoms with Crippen molar-refractivity contribution in [2.24, 2.45) is 4.90 Å². The first-order valence-corrected chi connectivity index (χ1v) is 13.3. The lowest BCUT2D eigenvalue weighted by atomic mass is 9.87. The first-order chi connectivity index (χ1) is 21.1. The number of aliphatic hydroxyl groups is 1. The van der Waals surface area contributed by atoms with Gasteiger partial charge in [0.1, 0.15) is 18.5 Å². The van der Waals surface area contributed by atoms with Crippen molar-refractivity contribution in [3.05, 3.63) is 46.2 Å². The predicted octanol–water partition coefficient (Wildman–Crippen LogP) is -0.700. The van der Waals surface area contributed by atoms with Crippen LogP contribution in [0.4, 0.5) is 15.3 Å². The van der Waals surface area contributed by atoms with Crippen LogP contribution in [-0.4, -0.2) is 108 Å². The number of nitro groups is 1. The summed E-state index contributed by atoms with van der Waals surface area (Å²) < 4.78 is 24.4. The average Bonchev–Trinajstić information content (AvgIpc) is 3.38. The third-order valence-corrected chi connectivity index (χ3v) is 5.71. The average molecular weight is 658 g/mol. The number of hydrogen-bond donors (Lipinski definition) is 6. The van der Waals surface area contributed by atoms with Crippen LogP contribution < -0.4 is 20.6 Å². The van der Waals surface area contributed by atoms with Gasteiger partial charge in [-0.3, -0.25) is 19.8 Å². The highest BCUT2D eigenvalue weighted by Gasteiger charge is 2.47. The van der Waals surface area contributed by atoms with Crippen LogP contribution in [0.2, 0.25) is 13.6 Å². The molecule has 3 rings (SSSR count). The molecule has 1 fully saturated rings. The summed E-state index contributed by atoms with van der Waals surface area (Å²) in [5.74, 6) is -1.55. The monoisotopic (exact) mass is 657 g/mol. The Bertz CT molecular complexity index is 1300. The van der Waals surface area contributed by atoms with Crippen LogP contribution >= 0.6 is 11.6 Å². The topological polar surface area (TPSA) is 267 Å². The number of nitrogens with zero attached hydrogens (tertiary/aromatic N) is 2. The Morgan fingerprint density at radius 3 is 2.29 bits per heavy atom. The first-order valence-electron chi connectivity index (χ1n) is 12.9. The Balaban J connectivity index is 0.000000452. The van der Waals surface area contributed by atoms with Crippen LogP contribution in [0, 0.1) is 10.1 Å². The van der Waals surface area contributed by atoms with E-state index in [1.54, 1.807) is 0 Å². The summed E-state index contributed by atoms with van der Waals surface area (Å²) in [6.45, 7) is 3.75. The number of hydrogen-bond acceptors (Lipinski definition) is 15. The van der Waals surface area contributed by atoms with Crippen molar-refractivity contribution in [1.82, 2.24) is 15.9 Å². The second kappa shape index (κ2) is 17.0. The van der Waals surface area contributed by atoms with Gasteiger partial charge in [-0.05, 0) is 31.9 Å². The van der Waals surface area contributed by atoms with Crippen LogP contribution in [-0.2, 0) is 28.5 Å². The molecular formula is C23H30B2ClN5O14. The minimum absolute atomic E-state index is 0.0680. The van der Waals surface area contributed by atoms with Gasteiger partial charge in [-0.15, -0.1) is 0 Å². The minimum Gasteiger partial charge on any atom is -0.478 e. The second-order valence-electron chi connectivity index (χ2n) is 9.23. The summed E-state index contributed by atoms with van der Waals surface area (Å²) in [6, 6.07) is 3.04. The quantitative estimate of drug-likeness (QED) is 0.0364. The molecule has 2 heterocycles. The number of non-ortho nitro benzene ring substituents is 1. The summed E-state index contributed by atoms with van der Waals surface area (Å²) in [7, 11) is -1.11. The van der Waals surface area contributed by atoms with Gasteiger partial charge in [0.05, 0.1) is 24.1 Å². The predicted molar refractivity (Wildman–Crippen MR) is 155 cm³/mol. The number of carbonyl (C=O) groups is 4. The molecule has 45 heavy (non-hydrogen) atoms. The lowest BCUT2D eigenvalue weighted by Gasteiger charge is -2.40. The van der Waals surface area contributed by atoms with Gasteiger partial charge < -0.3 is 54.7 Å². The number of aliphatic hydroxyl groups excluding tert-OH is 1. The first kappa shape index (κ1) is 36.6. The molecule has 0 radical (unpaired) electrons. The number of methoxy groups -OCH3 is 1. The number of esters is 1. The van der Waals surface area contributed by atoms with E-state index in [1.807, 2.05) is 0 Å². The molecule has 0 unspecified atom stereocenters. The normalized spacial score (nSPS) is 21.1. The second-order valence-corrected chi connectivity index (χ2v) is 9.54. The molecule has 5 atom stereocenters. The highest BCUT2D eigenvalue weighted by atomic mass is 35.5. The zero-order valence-corrected chi connectivity index (χ0v) is 25.0. The summed E-state index contributed by atoms with van der Waals surface area (Å²) in [4.78, 5) is 59.2. The number of halogens is 1. The lowest BCUT2D eigenvalue weighted by molar-refractivity contribution is -0.384. The number of guanidine groups is 1. The molecule has 244 valence electrons. The molecule has 22 heteroatoms. The molecule has 6 N–H and O–H groups in total. The number of nitrogens with one attached hydrogen (secondary N) is 3. The van der Waals surface area contributed by atoms with Crippen LogP contribution in [0.1, 0.15) is 6.92 Å². The maximum absolute atomic E-state index is 12.2. The molecule has 1 aromatic rings. The van der Waals surface area contributed by atoms with E-state index < -0.39 is 72.9 Å². The summed E-state index contributed by atoms with van der Waals surface area (Å²) in [5, 5.41) is 48.4. The summed E-state index contributed by atoms with van der Waals surface area (Å²) in [5.41, 5.74) is -1.05. The van der Waals surface area contributed by atoms with Crippen LogP contribution in [0.25, 0.3) is 0 Å². The molecule has 0 spiro atoms. The Morgan fingerprint density at radius 1 is 1.18 bits per heavy atom. The summed E-state index contributed by atoms with van der Waals surface area (Å²) in [6.07, 6.45) is -3.63. The van der Waals surface area contributed by atoms with E-state index >= 15 is 0 Å². The molecule has 2 aliphatic rings. The highest BCUT2D eigenvalue weighted by molar-refractivity contribution is 6.61. The number of amides is 1. The molecule has 0 saturated carbocycles. The van der Waals surface area contributed by atoms with Crippen molar-refractivity contribution in [3.8, 4) is 5.75 Å². The number of ether oxygens (including phenoxy) is 5. The van der Waals surface area contributed by atoms with Crippen molar-refractivity contribution in [3.63, 3.8) is 0 Å². The fourth-order valence-corrected chi connectivity index (χ4v) is 3.97. The van der Waals surface area contributed by atoms with E-state index in [9.17, 15) is 44.4 Å². The third-order valence-electron chi connectivity index (χ3n) is 5.63. The zero-order chi connectivity index (χ0) is 33.8. The SMILES string of the molecule is COC(=O)C1=C[C@H](NC(=NB(C)O)NB(C)O)[C@@H](NC(C)=O)[C@H]([C@H](O)[C@H]2COC(=O)O2)O1.O=C(Cl)Oc1ccc([N+](=O)[O-])cc1. The maximum Gasteiger partial charge on any atom is 0.508 e. The largest absolute Gasteiger partial charge is 0.508 e. The van der Waals surface area contributed by atoms with E-state index in [2.05, 4.69) is 25.5 Å². The molecule has 2 aliphatic heterocycles. The number of nitro benzene ring substituents is 1. The smallest absolute Gasteiger partial charge is 0.478 e. The Labute approximate surface area is 261 Å². The highest BCUT2D eigenvalue weighted by Crippen LogP contribution is 2.26. The van der Waals surface area contributed by atoms with Crippen molar-refractivity contribution < 1.29 is 62.9 Å². The third kappa shape index (κ3) is 11.8. The molecular weight excluding hydrogens is 627 g/mol. The summed E-state index contributed by atoms with van der Waals surface area (Å²) >= 11 is 4.92. The van der Waals surface area contributed by atoms with E-state index in [-0.39, 0.29) is 29.8 Å². The van der Waals surface area contributed by atoms with Gasteiger partial charge in [0, 0.05) is 30.7 Å². The molecule has 0 bridgehead atoms. The van der Waals surface area contributed by atoms with Gasteiger partial charge in [-0.2, -0.15) is 0 Å². The lowest BCUT2D eigenvalue weighted by Crippen LogP contribution is -2.65. The van der Waals surface area contributed by atoms with E-state index in [4.69, 9.17) is 30.5 Å². The number of cyclic esters (lactones) is 2. The van der Waals surface area contributed by atoms with E-state index in [0.29, 0.717) is 0 Å². The van der Waals surface area contributed by atoms with Crippen molar-refractivity contribution in [2.45, 2.75) is 51.0 Å². The zero-order valence-electron chi connectivity index (χ0n) is 24.2. The van der Waals surface area contributed by atoms with Crippen LogP contribution in [0.3, 0.4) is 0 Å². The van der Waals surface area contributed by atoms with E-state index in [0.717, 1.165) is 7.11 Å². The molecule has 0 aromatic heterocycles. The molecule has 1 aromatic carbocycles. The maximum atomic E-state index is 12.2. The minimum atomic E-state index is -1.52. The Morgan fingerprint density at radius 2 is 1.82 bits per heavy atom. The Kier molecular flexibility index (Phi) is 13.9. The fourth-order valence-electron chi connectivity index (χ4n) is 3.88. The van der Waals surface area contributed by atoms with E-state index in [1.165, 1.54) is 50.9 Å². The number of rotatable bonds is 9.